The summed E-state index contributed by atoms with van der Waals surface area (Å²) in [5, 5.41) is 10.8. The second-order valence-electron chi connectivity index (χ2n) is 5.33. The van der Waals surface area contributed by atoms with Crippen LogP contribution in [0.25, 0.3) is 0 Å². The van der Waals surface area contributed by atoms with E-state index in [0.717, 1.165) is 43.3 Å². The maximum atomic E-state index is 5.53. The molecule has 6 heteroatoms. The minimum Gasteiger partial charge on any atom is -0.494 e. The van der Waals surface area contributed by atoms with Gasteiger partial charge in [-0.25, -0.2) is 4.99 Å². The molecule has 0 unspecified atom stereocenters. The first-order chi connectivity index (χ1) is 11.8. The molecule has 6 nitrogen and oxygen atoms in total. The van der Waals surface area contributed by atoms with Crippen LogP contribution >= 0.6 is 0 Å². The lowest BCUT2D eigenvalue weighted by molar-refractivity contribution is 0.340. The molecule has 1 aromatic heterocycles. The lowest BCUT2D eigenvalue weighted by Gasteiger charge is -2.11. The summed E-state index contributed by atoms with van der Waals surface area (Å²) >= 11 is 0. The van der Waals surface area contributed by atoms with E-state index in [-0.39, 0.29) is 0 Å². The first kappa shape index (κ1) is 17.8. The van der Waals surface area contributed by atoms with Gasteiger partial charge in [0, 0.05) is 32.0 Å². The molecule has 0 aliphatic heterocycles. The molecule has 2 rings (SSSR count). The van der Waals surface area contributed by atoms with Crippen LogP contribution in [0.3, 0.4) is 0 Å². The van der Waals surface area contributed by atoms with E-state index < -0.39 is 0 Å². The van der Waals surface area contributed by atoms with Gasteiger partial charge in [0.2, 0.25) is 0 Å². The highest BCUT2D eigenvalue weighted by molar-refractivity contribution is 5.79. The third kappa shape index (κ3) is 6.32. The number of rotatable bonds is 9. The Morgan fingerprint density at radius 2 is 2.17 bits per heavy atom. The summed E-state index contributed by atoms with van der Waals surface area (Å²) in [5.41, 5.74) is 1.13. The number of nitrogens with one attached hydrogen (secondary N) is 2. The first-order valence-corrected chi connectivity index (χ1v) is 8.53. The molecule has 0 aliphatic rings. The van der Waals surface area contributed by atoms with Gasteiger partial charge in [0.15, 0.2) is 5.96 Å². The Hall–Kier alpha value is -2.50. The largest absolute Gasteiger partial charge is 0.494 e. The van der Waals surface area contributed by atoms with Gasteiger partial charge < -0.3 is 15.4 Å². The molecule has 0 aliphatic carbocycles. The van der Waals surface area contributed by atoms with Crippen molar-refractivity contribution in [3.05, 3.63) is 48.3 Å². The molecule has 0 radical (unpaired) electrons. The van der Waals surface area contributed by atoms with Crippen LogP contribution in [0.15, 0.2) is 47.7 Å². The molecular formula is C18H27N5O. The Kier molecular flexibility index (Phi) is 7.67. The molecule has 2 aromatic rings. The van der Waals surface area contributed by atoms with Crippen molar-refractivity contribution in [2.75, 3.05) is 19.7 Å². The average Bonchev–Trinajstić information content (AvgIpc) is 3.10. The van der Waals surface area contributed by atoms with Gasteiger partial charge in [0.05, 0.1) is 13.2 Å². The normalized spacial score (nSPS) is 11.3. The number of nitrogens with zero attached hydrogens (tertiary/aromatic N) is 3. The average molecular weight is 329 g/mol. The van der Waals surface area contributed by atoms with Crippen LogP contribution in [0.4, 0.5) is 0 Å². The third-order valence-corrected chi connectivity index (χ3v) is 3.39. The minimum atomic E-state index is 0.620. The molecule has 0 atom stereocenters. The van der Waals surface area contributed by atoms with E-state index in [1.807, 2.05) is 42.1 Å². The summed E-state index contributed by atoms with van der Waals surface area (Å²) in [6.07, 6.45) is 4.77. The van der Waals surface area contributed by atoms with Crippen LogP contribution in [0.2, 0.25) is 0 Å². The van der Waals surface area contributed by atoms with Gasteiger partial charge in [0.1, 0.15) is 5.75 Å². The van der Waals surface area contributed by atoms with Crippen molar-refractivity contribution in [1.29, 1.82) is 0 Å². The fraction of sp³-hybridized carbons (Fsp3) is 0.444. The highest BCUT2D eigenvalue weighted by Gasteiger charge is 1.99. The molecule has 2 N–H and O–H groups in total. The summed E-state index contributed by atoms with van der Waals surface area (Å²) in [5.74, 6) is 1.72. The maximum Gasteiger partial charge on any atom is 0.191 e. The van der Waals surface area contributed by atoms with E-state index in [2.05, 4.69) is 33.7 Å². The fourth-order valence-electron chi connectivity index (χ4n) is 2.29. The van der Waals surface area contributed by atoms with Crippen LogP contribution < -0.4 is 15.4 Å². The maximum absolute atomic E-state index is 5.53. The zero-order chi connectivity index (χ0) is 17.0. The summed E-state index contributed by atoms with van der Waals surface area (Å²) in [7, 11) is 0. The molecule has 0 bridgehead atoms. The number of aliphatic imine (C=N–C) groups is 1. The molecule has 0 saturated carbocycles. The quantitative estimate of drug-likeness (QED) is 0.421. The predicted octanol–water partition coefficient (Wildman–Crippen LogP) is 2.43. The van der Waals surface area contributed by atoms with Crippen LogP contribution in [0.5, 0.6) is 5.75 Å². The molecule has 0 amide bonds. The van der Waals surface area contributed by atoms with Crippen LogP contribution in [-0.4, -0.2) is 35.4 Å². The molecule has 0 fully saturated rings. The molecular weight excluding hydrogens is 302 g/mol. The molecule has 1 aromatic carbocycles. The number of aryl methyl sites for hydroxylation is 1. The van der Waals surface area contributed by atoms with Crippen molar-refractivity contribution in [1.82, 2.24) is 20.4 Å². The topological polar surface area (TPSA) is 63.5 Å². The third-order valence-electron chi connectivity index (χ3n) is 3.39. The zero-order valence-corrected chi connectivity index (χ0v) is 14.5. The Bertz CT molecular complexity index is 610. The Labute approximate surface area is 143 Å². The highest BCUT2D eigenvalue weighted by Crippen LogP contribution is 2.13. The van der Waals surface area contributed by atoms with E-state index in [9.17, 15) is 0 Å². The van der Waals surface area contributed by atoms with E-state index in [0.29, 0.717) is 13.2 Å². The van der Waals surface area contributed by atoms with Gasteiger partial charge >= 0.3 is 0 Å². The number of guanidine groups is 1. The molecule has 0 spiro atoms. The summed E-state index contributed by atoms with van der Waals surface area (Å²) in [4.78, 5) is 4.64. The SMILES string of the molecule is CCNC(=NCc1cccc(OCC)c1)NCCCn1cccn1. The summed E-state index contributed by atoms with van der Waals surface area (Å²) in [6, 6.07) is 10.0. The lowest BCUT2D eigenvalue weighted by atomic mass is 10.2. The molecule has 24 heavy (non-hydrogen) atoms. The summed E-state index contributed by atoms with van der Waals surface area (Å²) < 4.78 is 7.46. The van der Waals surface area contributed by atoms with Gasteiger partial charge in [-0.2, -0.15) is 5.10 Å². The van der Waals surface area contributed by atoms with Crippen molar-refractivity contribution in [3.63, 3.8) is 0 Å². The van der Waals surface area contributed by atoms with Crippen LogP contribution in [0, 0.1) is 0 Å². The van der Waals surface area contributed by atoms with Gasteiger partial charge in [-0.1, -0.05) is 12.1 Å². The van der Waals surface area contributed by atoms with E-state index in [1.165, 1.54) is 0 Å². The monoisotopic (exact) mass is 329 g/mol. The van der Waals surface area contributed by atoms with Crippen molar-refractivity contribution in [2.24, 2.45) is 4.99 Å². The molecule has 1 heterocycles. The molecule has 0 saturated heterocycles. The lowest BCUT2D eigenvalue weighted by Crippen LogP contribution is -2.38. The standard InChI is InChI=1S/C18H27N5O/c1-3-19-18(20-10-6-12-23-13-7-11-22-23)21-15-16-8-5-9-17(14-16)24-4-2/h5,7-9,11,13-14H,3-4,6,10,12,15H2,1-2H3,(H2,19,20,21). The first-order valence-electron chi connectivity index (χ1n) is 8.53. The van der Waals surface area contributed by atoms with Crippen molar-refractivity contribution in [3.8, 4) is 5.75 Å². The molecule has 130 valence electrons. The fourth-order valence-corrected chi connectivity index (χ4v) is 2.29. The van der Waals surface area contributed by atoms with E-state index in [1.54, 1.807) is 6.20 Å². The Balaban J connectivity index is 1.82. The smallest absolute Gasteiger partial charge is 0.191 e. The van der Waals surface area contributed by atoms with Crippen LogP contribution in [0.1, 0.15) is 25.8 Å². The number of ether oxygens (including phenoxy) is 1. The highest BCUT2D eigenvalue weighted by atomic mass is 16.5. The number of hydrogen-bond donors (Lipinski definition) is 2. The van der Waals surface area contributed by atoms with Gasteiger partial charge in [-0.05, 0) is 44.0 Å². The van der Waals surface area contributed by atoms with Gasteiger partial charge in [-0.3, -0.25) is 4.68 Å². The predicted molar refractivity (Wildman–Crippen MR) is 97.3 cm³/mol. The van der Waals surface area contributed by atoms with Gasteiger partial charge in [0.25, 0.3) is 0 Å². The minimum absolute atomic E-state index is 0.620. The number of benzene rings is 1. The van der Waals surface area contributed by atoms with Crippen molar-refractivity contribution < 1.29 is 4.74 Å². The Morgan fingerprint density at radius 3 is 2.92 bits per heavy atom. The Morgan fingerprint density at radius 1 is 1.25 bits per heavy atom. The van der Waals surface area contributed by atoms with E-state index >= 15 is 0 Å². The van der Waals surface area contributed by atoms with E-state index in [4.69, 9.17) is 4.74 Å². The number of aromatic nitrogens is 2. The van der Waals surface area contributed by atoms with Crippen molar-refractivity contribution in [2.45, 2.75) is 33.4 Å². The van der Waals surface area contributed by atoms with Crippen molar-refractivity contribution >= 4 is 5.96 Å². The second-order valence-corrected chi connectivity index (χ2v) is 5.33. The zero-order valence-electron chi connectivity index (χ0n) is 14.5. The number of hydrogen-bond acceptors (Lipinski definition) is 3. The van der Waals surface area contributed by atoms with Crippen LogP contribution in [-0.2, 0) is 13.1 Å². The second kappa shape index (κ2) is 10.3. The van der Waals surface area contributed by atoms with Gasteiger partial charge in [-0.15, -0.1) is 0 Å². The summed E-state index contributed by atoms with van der Waals surface area (Å²) in [6.45, 7) is 7.94.